The van der Waals surface area contributed by atoms with Gasteiger partial charge in [-0.05, 0) is 19.5 Å². The van der Waals surface area contributed by atoms with Crippen LogP contribution < -0.4 is 5.32 Å². The van der Waals surface area contributed by atoms with Gasteiger partial charge in [0.25, 0.3) is 0 Å². The van der Waals surface area contributed by atoms with E-state index >= 15 is 0 Å². The fourth-order valence-corrected chi connectivity index (χ4v) is 1.10. The predicted octanol–water partition coefficient (Wildman–Crippen LogP) is 0.679. The topological polar surface area (TPSA) is 32.3 Å². The normalized spacial score (nSPS) is 14.4. The van der Waals surface area contributed by atoms with E-state index in [1.807, 2.05) is 44.3 Å². The molecule has 0 spiro atoms. The van der Waals surface area contributed by atoms with Gasteiger partial charge in [-0.2, -0.15) is 0 Å². The number of aliphatic hydroxyl groups excluding tert-OH is 1. The average Bonchev–Trinajstić information content (AvgIpc) is 2.17. The molecule has 13 heavy (non-hydrogen) atoms. The molecule has 0 bridgehead atoms. The Bertz CT molecular complexity index is 228. The van der Waals surface area contributed by atoms with Gasteiger partial charge >= 0.3 is 29.6 Å². The first-order chi connectivity index (χ1) is 5.75. The zero-order valence-electron chi connectivity index (χ0n) is 7.49. The molecule has 0 aliphatic heterocycles. The van der Waals surface area contributed by atoms with Crippen molar-refractivity contribution in [1.29, 1.82) is 0 Å². The van der Waals surface area contributed by atoms with Crippen LogP contribution in [0, 0.1) is 0 Å². The Kier molecular flexibility index (Phi) is 6.64. The van der Waals surface area contributed by atoms with Crippen molar-refractivity contribution in [2.24, 2.45) is 0 Å². The van der Waals surface area contributed by atoms with Crippen molar-refractivity contribution in [3.8, 4) is 0 Å². The molecule has 3 heteroatoms. The molecule has 1 rings (SSSR count). The minimum atomic E-state index is -0.420. The summed E-state index contributed by atoms with van der Waals surface area (Å²) in [4.78, 5) is 0. The van der Waals surface area contributed by atoms with Crippen LogP contribution in [0.25, 0.3) is 0 Å². The van der Waals surface area contributed by atoms with E-state index in [1.165, 1.54) is 0 Å². The van der Waals surface area contributed by atoms with Gasteiger partial charge in [-0.25, -0.2) is 0 Å². The number of rotatable bonds is 3. The van der Waals surface area contributed by atoms with Crippen LogP contribution in [-0.4, -0.2) is 47.8 Å². The Hall–Kier alpha value is 0.140. The van der Waals surface area contributed by atoms with Gasteiger partial charge in [-0.15, -0.1) is 0 Å². The second-order valence-corrected chi connectivity index (χ2v) is 2.93. The second kappa shape index (κ2) is 6.57. The Morgan fingerprint density at radius 2 is 1.77 bits per heavy atom. The summed E-state index contributed by atoms with van der Waals surface area (Å²) in [6, 6.07) is 9.76. The third kappa shape index (κ3) is 3.79. The van der Waals surface area contributed by atoms with E-state index < -0.39 is 6.10 Å². The fraction of sp³-hybridized carbons (Fsp3) is 0.400. The molecule has 0 aliphatic rings. The predicted molar refractivity (Wildman–Crippen MR) is 57.1 cm³/mol. The van der Waals surface area contributed by atoms with E-state index in [9.17, 15) is 5.11 Å². The van der Waals surface area contributed by atoms with E-state index in [1.54, 1.807) is 0 Å². The van der Waals surface area contributed by atoms with Crippen LogP contribution in [0.4, 0.5) is 0 Å². The van der Waals surface area contributed by atoms with Crippen LogP contribution in [0.15, 0.2) is 30.3 Å². The molecule has 2 atom stereocenters. The SMILES string of the molecule is CN[C@@H](C)[C@H](O)c1ccccc1.[NaH]. The van der Waals surface area contributed by atoms with Gasteiger partial charge in [0.15, 0.2) is 0 Å². The first-order valence-electron chi connectivity index (χ1n) is 4.16. The molecule has 0 aromatic heterocycles. The van der Waals surface area contributed by atoms with Crippen molar-refractivity contribution in [1.82, 2.24) is 5.32 Å². The molecule has 2 nitrogen and oxygen atoms in total. The summed E-state index contributed by atoms with van der Waals surface area (Å²) < 4.78 is 0. The summed E-state index contributed by atoms with van der Waals surface area (Å²) in [6.07, 6.45) is -0.420. The monoisotopic (exact) mass is 189 g/mol. The maximum atomic E-state index is 9.73. The van der Waals surface area contributed by atoms with E-state index in [2.05, 4.69) is 5.32 Å². The van der Waals surface area contributed by atoms with Crippen LogP contribution >= 0.6 is 0 Å². The third-order valence-electron chi connectivity index (χ3n) is 2.07. The minimum absolute atomic E-state index is 0. The van der Waals surface area contributed by atoms with Gasteiger partial charge in [0.2, 0.25) is 0 Å². The van der Waals surface area contributed by atoms with Gasteiger partial charge in [0, 0.05) is 6.04 Å². The van der Waals surface area contributed by atoms with Crippen molar-refractivity contribution in [2.45, 2.75) is 19.1 Å². The molecule has 0 unspecified atom stereocenters. The molecular formula is C10H16NNaO. The van der Waals surface area contributed by atoms with Gasteiger partial charge in [0.1, 0.15) is 0 Å². The van der Waals surface area contributed by atoms with E-state index in [4.69, 9.17) is 0 Å². The number of likely N-dealkylation sites (N-methyl/N-ethyl adjacent to an activating group) is 1. The average molecular weight is 189 g/mol. The van der Waals surface area contributed by atoms with E-state index in [0.29, 0.717) is 0 Å². The quantitative estimate of drug-likeness (QED) is 0.685. The van der Waals surface area contributed by atoms with Gasteiger partial charge in [0.05, 0.1) is 6.10 Å². The standard InChI is InChI=1S/C10H15NO.Na.H/c1-8(11-2)10(12)9-6-4-3-5-7-9;;/h3-8,10-12H,1-2H3;;/t8-,10-;;/m0../s1. The van der Waals surface area contributed by atoms with E-state index in [-0.39, 0.29) is 35.6 Å². The Morgan fingerprint density at radius 1 is 1.23 bits per heavy atom. The van der Waals surface area contributed by atoms with Crippen molar-refractivity contribution < 1.29 is 5.11 Å². The van der Waals surface area contributed by atoms with E-state index in [0.717, 1.165) is 5.56 Å². The van der Waals surface area contributed by atoms with Crippen molar-refractivity contribution in [3.63, 3.8) is 0 Å². The molecule has 2 N–H and O–H groups in total. The number of hydrogen-bond acceptors (Lipinski definition) is 2. The van der Waals surface area contributed by atoms with Gasteiger partial charge < -0.3 is 10.4 Å². The molecule has 0 amide bonds. The number of nitrogens with one attached hydrogen (secondary N) is 1. The first-order valence-corrected chi connectivity index (χ1v) is 4.16. The van der Waals surface area contributed by atoms with Crippen molar-refractivity contribution in [2.75, 3.05) is 7.05 Å². The molecule has 0 saturated carbocycles. The molecule has 0 radical (unpaired) electrons. The Labute approximate surface area is 102 Å². The summed E-state index contributed by atoms with van der Waals surface area (Å²) in [5.74, 6) is 0. The molecule has 0 heterocycles. The zero-order chi connectivity index (χ0) is 8.97. The third-order valence-corrected chi connectivity index (χ3v) is 2.07. The summed E-state index contributed by atoms with van der Waals surface area (Å²) >= 11 is 0. The van der Waals surface area contributed by atoms with Crippen molar-refractivity contribution in [3.05, 3.63) is 35.9 Å². The summed E-state index contributed by atoms with van der Waals surface area (Å²) in [6.45, 7) is 1.96. The number of benzene rings is 1. The summed E-state index contributed by atoms with van der Waals surface area (Å²) in [7, 11) is 1.84. The van der Waals surface area contributed by atoms with Crippen LogP contribution in [-0.2, 0) is 0 Å². The number of aliphatic hydroxyl groups is 1. The molecule has 0 fully saturated rings. The van der Waals surface area contributed by atoms with Gasteiger partial charge in [-0.3, -0.25) is 0 Å². The molecule has 0 aliphatic carbocycles. The molecule has 68 valence electrons. The second-order valence-electron chi connectivity index (χ2n) is 2.93. The summed E-state index contributed by atoms with van der Waals surface area (Å²) in [5, 5.41) is 12.7. The maximum absolute atomic E-state index is 9.73. The number of hydrogen-bond donors (Lipinski definition) is 2. The summed E-state index contributed by atoms with van der Waals surface area (Å²) in [5.41, 5.74) is 0.958. The molecule has 1 aromatic carbocycles. The fourth-order valence-electron chi connectivity index (χ4n) is 1.10. The zero-order valence-corrected chi connectivity index (χ0v) is 7.49. The Morgan fingerprint density at radius 3 is 2.23 bits per heavy atom. The van der Waals surface area contributed by atoms with Gasteiger partial charge in [-0.1, -0.05) is 30.3 Å². The molecule has 1 aromatic rings. The molecule has 0 saturated heterocycles. The van der Waals surface area contributed by atoms with Crippen LogP contribution in [0.1, 0.15) is 18.6 Å². The van der Waals surface area contributed by atoms with Crippen LogP contribution in [0.2, 0.25) is 0 Å². The first kappa shape index (κ1) is 13.1. The molecular weight excluding hydrogens is 173 g/mol. The van der Waals surface area contributed by atoms with Crippen LogP contribution in [0.5, 0.6) is 0 Å². The van der Waals surface area contributed by atoms with Crippen LogP contribution in [0.3, 0.4) is 0 Å². The Balaban J connectivity index is 0.00000144. The van der Waals surface area contributed by atoms with Crippen molar-refractivity contribution >= 4 is 29.6 Å².